The van der Waals surface area contributed by atoms with Gasteiger partial charge in [-0.1, -0.05) is 23.7 Å². The van der Waals surface area contributed by atoms with Gasteiger partial charge in [-0.05, 0) is 64.3 Å². The predicted molar refractivity (Wildman–Crippen MR) is 92.8 cm³/mol. The van der Waals surface area contributed by atoms with Crippen LogP contribution in [-0.4, -0.2) is 36.1 Å². The highest BCUT2D eigenvalue weighted by atomic mass is 35.5. The smallest absolute Gasteiger partial charge is 0.311 e. The minimum atomic E-state index is -0.0817. The number of esters is 1. The molecule has 1 aromatic rings. The fourth-order valence-electron chi connectivity index (χ4n) is 4.34. The second-order valence-corrected chi connectivity index (χ2v) is 7.73. The predicted octanol–water partition coefficient (Wildman–Crippen LogP) is 4.17. The van der Waals surface area contributed by atoms with Crippen LogP contribution in [0.15, 0.2) is 18.2 Å². The summed E-state index contributed by atoms with van der Waals surface area (Å²) >= 11 is 6.18. The summed E-state index contributed by atoms with van der Waals surface area (Å²) in [6, 6.07) is 7.05. The number of carbonyl (C=O) groups excluding carboxylic acids is 1. The number of benzene rings is 1. The van der Waals surface area contributed by atoms with E-state index in [1.807, 2.05) is 26.8 Å². The van der Waals surface area contributed by atoms with Gasteiger partial charge in [-0.3, -0.25) is 9.69 Å². The Labute approximate surface area is 144 Å². The SMILES string of the molecule is Cc1cc(C2CC3CCC(C2C(=O)OC(C)C)N3C)ccc1Cl. The summed E-state index contributed by atoms with van der Waals surface area (Å²) in [7, 11) is 2.15. The standard InChI is InChI=1S/C19H26ClNO2/c1-11(2)23-19(22)18-15(10-14-6-8-17(18)21(14)4)13-5-7-16(20)12(3)9-13/h5,7,9,11,14-15,17-18H,6,8,10H2,1-4H3. The number of hydrogen-bond acceptors (Lipinski definition) is 3. The maximum absolute atomic E-state index is 12.8. The van der Waals surface area contributed by atoms with Crippen molar-refractivity contribution in [2.75, 3.05) is 7.05 Å². The van der Waals surface area contributed by atoms with Gasteiger partial charge in [0.25, 0.3) is 0 Å². The third-order valence-corrected chi connectivity index (χ3v) is 5.93. The van der Waals surface area contributed by atoms with Crippen LogP contribution >= 0.6 is 11.6 Å². The van der Waals surface area contributed by atoms with Crippen molar-refractivity contribution >= 4 is 17.6 Å². The normalized spacial score (nSPS) is 30.7. The number of halogens is 1. The van der Waals surface area contributed by atoms with Gasteiger partial charge in [0.05, 0.1) is 12.0 Å². The van der Waals surface area contributed by atoms with Crippen molar-refractivity contribution in [3.63, 3.8) is 0 Å². The zero-order chi connectivity index (χ0) is 16.7. The third kappa shape index (κ3) is 3.14. The molecule has 0 amide bonds. The van der Waals surface area contributed by atoms with Gasteiger partial charge < -0.3 is 4.74 Å². The Morgan fingerprint density at radius 2 is 2.09 bits per heavy atom. The van der Waals surface area contributed by atoms with E-state index in [1.165, 1.54) is 12.0 Å². The van der Waals surface area contributed by atoms with Crippen LogP contribution in [0, 0.1) is 12.8 Å². The number of aryl methyl sites for hydroxylation is 1. The zero-order valence-electron chi connectivity index (χ0n) is 14.4. The van der Waals surface area contributed by atoms with E-state index in [1.54, 1.807) is 0 Å². The van der Waals surface area contributed by atoms with Crippen molar-refractivity contribution < 1.29 is 9.53 Å². The molecular weight excluding hydrogens is 310 g/mol. The Bertz CT molecular complexity index is 601. The summed E-state index contributed by atoms with van der Waals surface area (Å²) in [5.74, 6) is 0.0995. The molecule has 4 unspecified atom stereocenters. The average Bonchev–Trinajstić information content (AvgIpc) is 2.72. The summed E-state index contributed by atoms with van der Waals surface area (Å²) in [6.07, 6.45) is 3.21. The largest absolute Gasteiger partial charge is 0.463 e. The first kappa shape index (κ1) is 16.8. The first-order chi connectivity index (χ1) is 10.9. The molecule has 126 valence electrons. The van der Waals surface area contributed by atoms with Crippen LogP contribution in [-0.2, 0) is 9.53 Å². The van der Waals surface area contributed by atoms with Crippen molar-refractivity contribution in [1.82, 2.24) is 4.90 Å². The summed E-state index contributed by atoms with van der Waals surface area (Å²) < 4.78 is 5.60. The number of fused-ring (bicyclic) bond motifs is 2. The van der Waals surface area contributed by atoms with E-state index >= 15 is 0 Å². The molecule has 2 aliphatic heterocycles. The second-order valence-electron chi connectivity index (χ2n) is 7.33. The Balaban J connectivity index is 1.95. The number of hydrogen-bond donors (Lipinski definition) is 0. The molecule has 4 heteroatoms. The molecule has 0 saturated carbocycles. The molecule has 2 aliphatic rings. The molecule has 23 heavy (non-hydrogen) atoms. The van der Waals surface area contributed by atoms with E-state index in [2.05, 4.69) is 24.1 Å². The van der Waals surface area contributed by atoms with Gasteiger partial charge in [-0.2, -0.15) is 0 Å². The second kappa shape index (κ2) is 6.45. The monoisotopic (exact) mass is 335 g/mol. The maximum atomic E-state index is 12.8. The third-order valence-electron chi connectivity index (χ3n) is 5.50. The van der Waals surface area contributed by atoms with Gasteiger partial charge >= 0.3 is 5.97 Å². The van der Waals surface area contributed by atoms with E-state index in [0.717, 1.165) is 23.4 Å². The van der Waals surface area contributed by atoms with Crippen molar-refractivity contribution in [2.24, 2.45) is 5.92 Å². The quantitative estimate of drug-likeness (QED) is 0.776. The molecule has 2 heterocycles. The van der Waals surface area contributed by atoms with E-state index in [-0.39, 0.29) is 23.9 Å². The van der Waals surface area contributed by atoms with Crippen LogP contribution in [0.5, 0.6) is 0 Å². The lowest BCUT2D eigenvalue weighted by Gasteiger charge is -2.42. The van der Waals surface area contributed by atoms with Crippen molar-refractivity contribution in [3.05, 3.63) is 34.3 Å². The van der Waals surface area contributed by atoms with Gasteiger partial charge in [0.2, 0.25) is 0 Å². The van der Waals surface area contributed by atoms with Gasteiger partial charge in [-0.15, -0.1) is 0 Å². The number of ether oxygens (including phenoxy) is 1. The van der Waals surface area contributed by atoms with E-state index in [9.17, 15) is 4.79 Å². The fourth-order valence-corrected chi connectivity index (χ4v) is 4.46. The summed E-state index contributed by atoms with van der Waals surface area (Å²) in [5.41, 5.74) is 2.30. The van der Waals surface area contributed by atoms with Gasteiger partial charge in [0.15, 0.2) is 0 Å². The van der Waals surface area contributed by atoms with Crippen LogP contribution in [0.25, 0.3) is 0 Å². The molecule has 2 fully saturated rings. The van der Waals surface area contributed by atoms with Gasteiger partial charge in [0.1, 0.15) is 0 Å². The molecule has 4 atom stereocenters. The molecule has 2 saturated heterocycles. The lowest BCUT2D eigenvalue weighted by atomic mass is 9.76. The molecule has 0 spiro atoms. The zero-order valence-corrected chi connectivity index (χ0v) is 15.1. The minimum absolute atomic E-state index is 0.0465. The summed E-state index contributed by atoms with van der Waals surface area (Å²) in [5, 5.41) is 0.783. The highest BCUT2D eigenvalue weighted by Gasteiger charge is 2.49. The van der Waals surface area contributed by atoms with E-state index in [0.29, 0.717) is 12.1 Å². The number of nitrogens with zero attached hydrogens (tertiary/aromatic N) is 1. The molecule has 0 N–H and O–H groups in total. The van der Waals surface area contributed by atoms with Crippen LogP contribution < -0.4 is 0 Å². The minimum Gasteiger partial charge on any atom is -0.463 e. The molecule has 3 rings (SSSR count). The first-order valence-corrected chi connectivity index (χ1v) is 8.94. The lowest BCUT2D eigenvalue weighted by molar-refractivity contribution is -0.157. The van der Waals surface area contributed by atoms with Crippen LogP contribution in [0.1, 0.15) is 50.2 Å². The number of piperidine rings is 1. The van der Waals surface area contributed by atoms with E-state index in [4.69, 9.17) is 16.3 Å². The molecule has 0 aliphatic carbocycles. The van der Waals surface area contributed by atoms with Crippen LogP contribution in [0.4, 0.5) is 0 Å². The molecule has 0 radical (unpaired) electrons. The fraction of sp³-hybridized carbons (Fsp3) is 0.632. The Hall–Kier alpha value is -1.06. The topological polar surface area (TPSA) is 29.5 Å². The van der Waals surface area contributed by atoms with E-state index < -0.39 is 0 Å². The first-order valence-electron chi connectivity index (χ1n) is 8.57. The van der Waals surface area contributed by atoms with Crippen molar-refractivity contribution in [3.8, 4) is 0 Å². The molecule has 2 bridgehead atoms. The Morgan fingerprint density at radius 3 is 2.74 bits per heavy atom. The van der Waals surface area contributed by atoms with Crippen molar-refractivity contribution in [1.29, 1.82) is 0 Å². The summed E-state index contributed by atoms with van der Waals surface area (Å²) in [6.45, 7) is 5.86. The number of rotatable bonds is 3. The molecule has 0 aromatic heterocycles. The highest BCUT2D eigenvalue weighted by molar-refractivity contribution is 6.31. The maximum Gasteiger partial charge on any atom is 0.311 e. The van der Waals surface area contributed by atoms with Crippen LogP contribution in [0.3, 0.4) is 0 Å². The van der Waals surface area contributed by atoms with Crippen molar-refractivity contribution in [2.45, 2.75) is 64.1 Å². The van der Waals surface area contributed by atoms with Gasteiger partial charge in [0, 0.05) is 23.0 Å². The molecule has 1 aromatic carbocycles. The Morgan fingerprint density at radius 1 is 1.35 bits per heavy atom. The van der Waals surface area contributed by atoms with Gasteiger partial charge in [-0.25, -0.2) is 0 Å². The molecular formula is C19H26ClNO2. The Kier molecular flexibility index (Phi) is 4.70. The number of carbonyl (C=O) groups is 1. The molecule has 3 nitrogen and oxygen atoms in total. The highest BCUT2D eigenvalue weighted by Crippen LogP contribution is 2.47. The van der Waals surface area contributed by atoms with Crippen LogP contribution in [0.2, 0.25) is 5.02 Å². The summed E-state index contributed by atoms with van der Waals surface area (Å²) in [4.78, 5) is 15.2. The average molecular weight is 336 g/mol. The lowest BCUT2D eigenvalue weighted by Crippen LogP contribution is -2.49.